The molecule has 0 radical (unpaired) electrons. The molecule has 0 fully saturated rings. The third kappa shape index (κ3) is 4.71. The molecule has 150 valence electrons. The molecule has 1 aromatic rings. The van der Waals surface area contributed by atoms with Crippen LogP contribution in [0, 0.1) is 22.0 Å². The molecular weight excluding hydrogens is 423 g/mol. The Balaban J connectivity index is 2.01. The summed E-state index contributed by atoms with van der Waals surface area (Å²) in [5.74, 6) is -0.594. The van der Waals surface area contributed by atoms with Crippen molar-refractivity contribution >= 4 is 40.4 Å². The van der Waals surface area contributed by atoms with Crippen molar-refractivity contribution in [2.45, 2.75) is 24.3 Å². The topological polar surface area (TPSA) is 75.4 Å². The van der Waals surface area contributed by atoms with Gasteiger partial charge in [-0.15, -0.1) is 11.6 Å². The van der Waals surface area contributed by atoms with E-state index >= 15 is 0 Å². The smallest absolute Gasteiger partial charge is 0.212 e. The Kier molecular flexibility index (Phi) is 7.05. The number of nitrogens with one attached hydrogen (secondary N) is 1. The van der Waals surface area contributed by atoms with Crippen molar-refractivity contribution in [3.63, 3.8) is 0 Å². The predicted octanol–water partition coefficient (Wildman–Crippen LogP) is 4.60. The first-order valence-electron chi connectivity index (χ1n) is 9.06. The van der Waals surface area contributed by atoms with Crippen molar-refractivity contribution in [2.75, 3.05) is 13.2 Å². The van der Waals surface area contributed by atoms with Gasteiger partial charge in [0, 0.05) is 34.2 Å². The van der Waals surface area contributed by atoms with Crippen molar-refractivity contribution in [2.24, 2.45) is 11.8 Å². The summed E-state index contributed by atoms with van der Waals surface area (Å²) in [5.41, 5.74) is 2.17. The third-order valence-electron chi connectivity index (χ3n) is 5.14. The second-order valence-electron chi connectivity index (χ2n) is 7.02. The molecule has 1 aromatic carbocycles. The molecule has 0 saturated heterocycles. The monoisotopic (exact) mass is 442 g/mol. The highest BCUT2D eigenvalue weighted by Crippen LogP contribution is 2.39. The zero-order valence-corrected chi connectivity index (χ0v) is 17.3. The van der Waals surface area contributed by atoms with Gasteiger partial charge >= 0.3 is 0 Å². The highest BCUT2D eigenvalue weighted by atomic mass is 35.5. The van der Waals surface area contributed by atoms with Gasteiger partial charge in [0.2, 0.25) is 6.54 Å². The minimum Gasteiger partial charge on any atom is -0.396 e. The van der Waals surface area contributed by atoms with Gasteiger partial charge in [-0.2, -0.15) is 0 Å². The van der Waals surface area contributed by atoms with Crippen molar-refractivity contribution in [3.8, 4) is 0 Å². The Morgan fingerprint density at radius 3 is 2.68 bits per heavy atom. The minimum absolute atomic E-state index is 0.0612. The predicted molar refractivity (Wildman–Crippen MR) is 113 cm³/mol. The summed E-state index contributed by atoms with van der Waals surface area (Å²) in [7, 11) is 0. The number of alkyl halides is 1. The number of aliphatic hydroxyl groups is 1. The summed E-state index contributed by atoms with van der Waals surface area (Å²) in [6.45, 7) is -0.325. The zero-order chi connectivity index (χ0) is 20.3. The summed E-state index contributed by atoms with van der Waals surface area (Å²) in [6.07, 6.45) is 6.74. The fourth-order valence-electron chi connectivity index (χ4n) is 3.82. The van der Waals surface area contributed by atoms with Gasteiger partial charge in [-0.05, 0) is 36.1 Å². The van der Waals surface area contributed by atoms with Crippen molar-refractivity contribution in [1.82, 2.24) is 5.32 Å². The highest BCUT2D eigenvalue weighted by Gasteiger charge is 2.37. The average molecular weight is 444 g/mol. The Morgan fingerprint density at radius 2 is 2.04 bits per heavy atom. The Morgan fingerprint density at radius 1 is 1.29 bits per heavy atom. The molecule has 0 aliphatic heterocycles. The number of hydrogen-bond acceptors (Lipinski definition) is 4. The number of hydrogen-bond donors (Lipinski definition) is 2. The van der Waals surface area contributed by atoms with Gasteiger partial charge in [0.15, 0.2) is 0 Å². The maximum Gasteiger partial charge on any atom is 0.212 e. The summed E-state index contributed by atoms with van der Waals surface area (Å²) in [6, 6.07) is 6.95. The molecular formula is C20H21Cl3N2O3. The largest absolute Gasteiger partial charge is 0.396 e. The summed E-state index contributed by atoms with van der Waals surface area (Å²) < 4.78 is 0. The number of nitrogens with zero attached hydrogens (tertiary/aromatic N) is 1. The standard InChI is InChI=1S/C20H21Cl3N2O3/c21-16-5-2-1-4-13(16)14-8-12(11-26)9-19(15(14)10-25(27)28)24-20-17(22)6-3-7-18(20)23/h1-6,8,12,15,18-19,24,26H,7,9-11H2. The van der Waals surface area contributed by atoms with E-state index in [1.807, 2.05) is 30.4 Å². The number of rotatable bonds is 6. The molecule has 2 N–H and O–H groups in total. The van der Waals surface area contributed by atoms with Crippen molar-refractivity contribution in [1.29, 1.82) is 0 Å². The van der Waals surface area contributed by atoms with Gasteiger partial charge in [0.1, 0.15) is 0 Å². The minimum atomic E-state index is -0.440. The fraction of sp³-hybridized carbons (Fsp3) is 0.400. The van der Waals surface area contributed by atoms with Crippen LogP contribution in [-0.2, 0) is 0 Å². The first kappa shape index (κ1) is 21.2. The van der Waals surface area contributed by atoms with Gasteiger partial charge < -0.3 is 10.4 Å². The van der Waals surface area contributed by atoms with Crippen LogP contribution in [0.5, 0.6) is 0 Å². The molecule has 3 rings (SSSR count). The summed E-state index contributed by atoms with van der Waals surface area (Å²) >= 11 is 19.1. The molecule has 0 heterocycles. The summed E-state index contributed by atoms with van der Waals surface area (Å²) in [4.78, 5) is 11.1. The van der Waals surface area contributed by atoms with E-state index in [2.05, 4.69) is 5.32 Å². The van der Waals surface area contributed by atoms with Gasteiger partial charge in [-0.1, -0.05) is 53.6 Å². The first-order chi connectivity index (χ1) is 13.4. The highest BCUT2D eigenvalue weighted by molar-refractivity contribution is 6.33. The lowest BCUT2D eigenvalue weighted by atomic mass is 9.75. The van der Waals surface area contributed by atoms with Crippen LogP contribution in [0.15, 0.2) is 53.2 Å². The van der Waals surface area contributed by atoms with Gasteiger partial charge in [-0.3, -0.25) is 10.1 Å². The maximum absolute atomic E-state index is 11.4. The Labute approximate surface area is 178 Å². The van der Waals surface area contributed by atoms with Crippen LogP contribution in [0.4, 0.5) is 0 Å². The maximum atomic E-state index is 11.4. The van der Waals surface area contributed by atoms with E-state index in [9.17, 15) is 15.2 Å². The van der Waals surface area contributed by atoms with E-state index in [0.29, 0.717) is 28.6 Å². The van der Waals surface area contributed by atoms with E-state index in [4.69, 9.17) is 34.8 Å². The third-order valence-corrected chi connectivity index (χ3v) is 6.20. The molecule has 0 amide bonds. The molecule has 2 aliphatic rings. The van der Waals surface area contributed by atoms with E-state index in [0.717, 1.165) is 11.1 Å². The Bertz CT molecular complexity index is 838. The average Bonchev–Trinajstić information content (AvgIpc) is 2.66. The summed E-state index contributed by atoms with van der Waals surface area (Å²) in [5, 5.41) is 25.3. The first-order valence-corrected chi connectivity index (χ1v) is 10.3. The molecule has 0 spiro atoms. The van der Waals surface area contributed by atoms with Crippen LogP contribution >= 0.6 is 34.8 Å². The lowest BCUT2D eigenvalue weighted by molar-refractivity contribution is -0.486. The second kappa shape index (κ2) is 9.31. The van der Waals surface area contributed by atoms with E-state index in [1.165, 1.54) is 0 Å². The van der Waals surface area contributed by atoms with Crippen LogP contribution < -0.4 is 5.32 Å². The molecule has 5 nitrogen and oxygen atoms in total. The van der Waals surface area contributed by atoms with E-state index < -0.39 is 5.92 Å². The van der Waals surface area contributed by atoms with Crippen molar-refractivity contribution in [3.05, 3.63) is 73.9 Å². The SMILES string of the molecule is O=[N+]([O-])CC1C(c2ccccc2Cl)=CC(CO)CC1NC1=C(Cl)C=CCC1Cl. The fourth-order valence-corrected chi connectivity index (χ4v) is 4.68. The molecule has 0 aromatic heterocycles. The quantitative estimate of drug-likeness (QED) is 0.383. The number of nitro groups is 1. The molecule has 2 aliphatic carbocycles. The van der Waals surface area contributed by atoms with Crippen LogP contribution in [0.2, 0.25) is 5.02 Å². The lowest BCUT2D eigenvalue weighted by Gasteiger charge is -2.37. The van der Waals surface area contributed by atoms with Gasteiger partial charge in [-0.25, -0.2) is 0 Å². The number of allylic oxidation sites excluding steroid dienone is 4. The molecule has 8 heteroatoms. The van der Waals surface area contributed by atoms with E-state index in [1.54, 1.807) is 12.1 Å². The van der Waals surface area contributed by atoms with Gasteiger partial charge in [0.25, 0.3) is 0 Å². The number of benzene rings is 1. The number of halogens is 3. The molecule has 4 unspecified atom stereocenters. The van der Waals surface area contributed by atoms with Crippen LogP contribution in [0.3, 0.4) is 0 Å². The zero-order valence-electron chi connectivity index (χ0n) is 15.0. The lowest BCUT2D eigenvalue weighted by Crippen LogP contribution is -2.45. The van der Waals surface area contributed by atoms with Gasteiger partial charge in [0.05, 0.1) is 16.3 Å². The normalized spacial score (nSPS) is 27.5. The van der Waals surface area contributed by atoms with E-state index in [-0.39, 0.29) is 35.4 Å². The molecule has 0 bridgehead atoms. The molecule has 28 heavy (non-hydrogen) atoms. The molecule has 4 atom stereocenters. The Hall–Kier alpha value is -1.53. The second-order valence-corrected chi connectivity index (χ2v) is 8.36. The molecule has 0 saturated carbocycles. The van der Waals surface area contributed by atoms with Crippen molar-refractivity contribution < 1.29 is 10.0 Å². The van der Waals surface area contributed by atoms with Crippen LogP contribution in [0.1, 0.15) is 18.4 Å². The number of aliphatic hydroxyl groups excluding tert-OH is 1. The van der Waals surface area contributed by atoms with Crippen LogP contribution in [0.25, 0.3) is 5.57 Å². The van der Waals surface area contributed by atoms with Crippen LogP contribution in [-0.4, -0.2) is 34.6 Å².